The maximum absolute atomic E-state index is 12.3. The minimum atomic E-state index is -4.46. The highest BCUT2D eigenvalue weighted by molar-refractivity contribution is 5.91. The van der Waals surface area contributed by atoms with Crippen molar-refractivity contribution in [3.63, 3.8) is 0 Å². The van der Waals surface area contributed by atoms with Crippen LogP contribution in [-0.2, 0) is 11.3 Å². The summed E-state index contributed by atoms with van der Waals surface area (Å²) in [4.78, 5) is 15.7. The topological polar surface area (TPSA) is 60.5 Å². The number of carbonyl (C=O) groups excluding carboxylic acids is 1. The van der Waals surface area contributed by atoms with E-state index in [0.717, 1.165) is 5.56 Å². The van der Waals surface area contributed by atoms with Crippen molar-refractivity contribution >= 4 is 12.0 Å². The van der Waals surface area contributed by atoms with E-state index in [1.807, 2.05) is 0 Å². The van der Waals surface area contributed by atoms with Crippen LogP contribution < -0.4 is 14.8 Å². The van der Waals surface area contributed by atoms with Gasteiger partial charge in [-0.3, -0.25) is 4.79 Å². The van der Waals surface area contributed by atoms with E-state index in [9.17, 15) is 18.0 Å². The molecule has 26 heavy (non-hydrogen) atoms. The molecule has 1 heterocycles. The van der Waals surface area contributed by atoms with E-state index in [4.69, 9.17) is 4.74 Å². The van der Waals surface area contributed by atoms with E-state index in [1.54, 1.807) is 43.5 Å². The summed E-state index contributed by atoms with van der Waals surface area (Å²) in [5.74, 6) is 0.0923. The standard InChI is InChI=1S/C18H17F3N2O3/c1-25-15-6-2-4-13(10-15)7-8-16(24)23-11-14-5-3-9-22-17(14)26-12-18(19,20)21/h2-10H,11-12H2,1H3,(H,23,24)/b8-7-. The highest BCUT2D eigenvalue weighted by atomic mass is 19.4. The Morgan fingerprint density at radius 2 is 2.08 bits per heavy atom. The fourth-order valence-electron chi connectivity index (χ4n) is 2.00. The van der Waals surface area contributed by atoms with Gasteiger partial charge in [-0.05, 0) is 29.8 Å². The highest BCUT2D eigenvalue weighted by Gasteiger charge is 2.29. The van der Waals surface area contributed by atoms with Gasteiger partial charge >= 0.3 is 6.18 Å². The number of ether oxygens (including phenoxy) is 2. The number of amides is 1. The number of pyridine rings is 1. The first-order valence-electron chi connectivity index (χ1n) is 7.61. The fraction of sp³-hybridized carbons (Fsp3) is 0.222. The summed E-state index contributed by atoms with van der Waals surface area (Å²) in [6.45, 7) is -1.46. The first-order chi connectivity index (χ1) is 12.4. The average Bonchev–Trinajstić information content (AvgIpc) is 2.63. The molecule has 1 aromatic heterocycles. The quantitative estimate of drug-likeness (QED) is 0.764. The summed E-state index contributed by atoms with van der Waals surface area (Å²) in [7, 11) is 1.54. The molecule has 0 atom stereocenters. The van der Waals surface area contributed by atoms with E-state index >= 15 is 0 Å². The molecule has 1 aromatic carbocycles. The van der Waals surface area contributed by atoms with Gasteiger partial charge in [0.1, 0.15) is 5.75 Å². The lowest BCUT2D eigenvalue weighted by atomic mass is 10.2. The molecule has 0 saturated heterocycles. The fourth-order valence-corrected chi connectivity index (χ4v) is 2.00. The molecule has 0 aliphatic rings. The highest BCUT2D eigenvalue weighted by Crippen LogP contribution is 2.20. The van der Waals surface area contributed by atoms with Crippen molar-refractivity contribution in [3.05, 3.63) is 59.8 Å². The molecule has 0 aliphatic carbocycles. The Hall–Kier alpha value is -3.03. The lowest BCUT2D eigenvalue weighted by Gasteiger charge is -2.12. The van der Waals surface area contributed by atoms with Gasteiger partial charge < -0.3 is 14.8 Å². The van der Waals surface area contributed by atoms with Crippen molar-refractivity contribution < 1.29 is 27.4 Å². The molecule has 1 N–H and O–H groups in total. The number of aromatic nitrogens is 1. The van der Waals surface area contributed by atoms with Crippen molar-refractivity contribution in [2.45, 2.75) is 12.7 Å². The zero-order valence-corrected chi connectivity index (χ0v) is 13.9. The van der Waals surface area contributed by atoms with Crippen molar-refractivity contribution in [1.29, 1.82) is 0 Å². The Balaban J connectivity index is 1.93. The van der Waals surface area contributed by atoms with Crippen LogP contribution in [0.15, 0.2) is 48.7 Å². The molecule has 0 fully saturated rings. The minimum absolute atomic E-state index is 0.0116. The van der Waals surface area contributed by atoms with E-state index in [1.165, 1.54) is 18.3 Å². The lowest BCUT2D eigenvalue weighted by Crippen LogP contribution is -2.23. The smallest absolute Gasteiger partial charge is 0.422 e. The second-order valence-electron chi connectivity index (χ2n) is 5.20. The Bertz CT molecular complexity index is 776. The number of nitrogens with one attached hydrogen (secondary N) is 1. The van der Waals surface area contributed by atoms with Crippen LogP contribution in [0.3, 0.4) is 0 Å². The van der Waals surface area contributed by atoms with Crippen molar-refractivity contribution in [3.8, 4) is 11.6 Å². The molecular weight excluding hydrogens is 349 g/mol. The molecule has 2 aromatic rings. The largest absolute Gasteiger partial charge is 0.497 e. The second kappa shape index (κ2) is 8.89. The lowest BCUT2D eigenvalue weighted by molar-refractivity contribution is -0.154. The van der Waals surface area contributed by atoms with E-state index < -0.39 is 18.7 Å². The molecule has 1 amide bonds. The van der Waals surface area contributed by atoms with Crippen LogP contribution in [0.2, 0.25) is 0 Å². The first kappa shape index (κ1) is 19.3. The molecule has 2 rings (SSSR count). The summed E-state index contributed by atoms with van der Waals surface area (Å²) < 4.78 is 46.5. The van der Waals surface area contributed by atoms with Crippen molar-refractivity contribution in [2.75, 3.05) is 13.7 Å². The third-order valence-electron chi connectivity index (χ3n) is 3.20. The zero-order chi connectivity index (χ0) is 19.0. The average molecular weight is 366 g/mol. The number of hydrogen-bond acceptors (Lipinski definition) is 4. The van der Waals surface area contributed by atoms with E-state index in [-0.39, 0.29) is 12.4 Å². The van der Waals surface area contributed by atoms with Gasteiger partial charge in [-0.25, -0.2) is 4.98 Å². The molecule has 0 aliphatic heterocycles. The van der Waals surface area contributed by atoms with Crippen LogP contribution in [0.5, 0.6) is 11.6 Å². The van der Waals surface area contributed by atoms with Gasteiger partial charge in [-0.1, -0.05) is 18.2 Å². The zero-order valence-electron chi connectivity index (χ0n) is 13.9. The molecule has 0 saturated carbocycles. The predicted molar refractivity (Wildman–Crippen MR) is 89.7 cm³/mol. The molecule has 5 nitrogen and oxygen atoms in total. The number of carbonyl (C=O) groups is 1. The third kappa shape index (κ3) is 6.46. The van der Waals surface area contributed by atoms with E-state index in [0.29, 0.717) is 11.3 Å². The Kier molecular flexibility index (Phi) is 6.60. The first-order valence-corrected chi connectivity index (χ1v) is 7.61. The number of nitrogens with zero attached hydrogens (tertiary/aromatic N) is 1. The predicted octanol–water partition coefficient (Wildman–Crippen LogP) is 3.36. The van der Waals surface area contributed by atoms with Gasteiger partial charge in [0.05, 0.1) is 7.11 Å². The Morgan fingerprint density at radius 3 is 2.81 bits per heavy atom. The molecule has 0 radical (unpaired) electrons. The van der Waals surface area contributed by atoms with Gasteiger partial charge in [-0.2, -0.15) is 13.2 Å². The van der Waals surface area contributed by atoms with Gasteiger partial charge in [0.25, 0.3) is 0 Å². The van der Waals surface area contributed by atoms with Crippen LogP contribution in [0.4, 0.5) is 13.2 Å². The maximum Gasteiger partial charge on any atom is 0.422 e. The molecule has 138 valence electrons. The molecule has 0 spiro atoms. The van der Waals surface area contributed by atoms with Crippen molar-refractivity contribution in [2.24, 2.45) is 0 Å². The number of rotatable bonds is 7. The molecular formula is C18H17F3N2O3. The summed E-state index contributed by atoms with van der Waals surface area (Å²) in [6.07, 6.45) is -0.221. The van der Waals surface area contributed by atoms with Gasteiger partial charge in [0, 0.05) is 24.4 Å². The minimum Gasteiger partial charge on any atom is -0.497 e. The van der Waals surface area contributed by atoms with Gasteiger partial charge in [-0.15, -0.1) is 0 Å². The Labute approximate surface area is 148 Å². The molecule has 0 unspecified atom stereocenters. The normalized spacial score (nSPS) is 11.4. The van der Waals surface area contributed by atoms with Crippen LogP contribution in [-0.4, -0.2) is 30.8 Å². The Morgan fingerprint density at radius 1 is 1.27 bits per heavy atom. The number of halogens is 3. The summed E-state index contributed by atoms with van der Waals surface area (Å²) in [5, 5.41) is 2.58. The van der Waals surface area contributed by atoms with Gasteiger partial charge in [0.2, 0.25) is 11.8 Å². The number of hydrogen-bond donors (Lipinski definition) is 1. The van der Waals surface area contributed by atoms with Crippen LogP contribution >= 0.6 is 0 Å². The summed E-state index contributed by atoms with van der Waals surface area (Å²) >= 11 is 0. The van der Waals surface area contributed by atoms with Gasteiger partial charge in [0.15, 0.2) is 6.61 Å². The van der Waals surface area contributed by atoms with Crippen LogP contribution in [0.1, 0.15) is 11.1 Å². The number of methoxy groups -OCH3 is 1. The monoisotopic (exact) mass is 366 g/mol. The van der Waals surface area contributed by atoms with Crippen LogP contribution in [0, 0.1) is 0 Å². The van der Waals surface area contributed by atoms with E-state index in [2.05, 4.69) is 15.0 Å². The summed E-state index contributed by atoms with van der Waals surface area (Å²) in [6, 6.07) is 10.2. The number of alkyl halides is 3. The van der Waals surface area contributed by atoms with Crippen molar-refractivity contribution in [1.82, 2.24) is 10.3 Å². The summed E-state index contributed by atoms with van der Waals surface area (Å²) in [5.41, 5.74) is 1.12. The second-order valence-corrected chi connectivity index (χ2v) is 5.20. The molecule has 0 bridgehead atoms. The maximum atomic E-state index is 12.3. The number of benzene rings is 1. The van der Waals surface area contributed by atoms with Crippen LogP contribution in [0.25, 0.3) is 6.08 Å². The third-order valence-corrected chi connectivity index (χ3v) is 3.20. The molecule has 8 heteroatoms. The SMILES string of the molecule is COc1cccc(/C=C\C(=O)NCc2cccnc2OCC(F)(F)F)c1.